The predicted octanol–water partition coefficient (Wildman–Crippen LogP) is 2.97. The van der Waals surface area contributed by atoms with Crippen molar-refractivity contribution >= 4 is 5.97 Å². The summed E-state index contributed by atoms with van der Waals surface area (Å²) in [5.41, 5.74) is 4.64. The molecule has 4 nitrogen and oxygen atoms in total. The first kappa shape index (κ1) is 13.3. The quantitative estimate of drug-likeness (QED) is 0.795. The molecule has 0 radical (unpaired) electrons. The first-order valence-corrected chi connectivity index (χ1v) is 6.34. The van der Waals surface area contributed by atoms with E-state index in [1.807, 2.05) is 13.0 Å². The topological polar surface area (TPSA) is 44.1 Å². The molecular formula is C15H18N2O2. The lowest BCUT2D eigenvalue weighted by Gasteiger charge is -2.07. The molecule has 0 aliphatic carbocycles. The summed E-state index contributed by atoms with van der Waals surface area (Å²) in [4.78, 5) is 11.7. The number of ether oxygens (including phenoxy) is 1. The molecule has 1 aromatic carbocycles. The number of nitrogens with zero attached hydrogens (tertiary/aromatic N) is 2. The van der Waals surface area contributed by atoms with E-state index in [-0.39, 0.29) is 5.97 Å². The van der Waals surface area contributed by atoms with Gasteiger partial charge >= 0.3 is 5.97 Å². The van der Waals surface area contributed by atoms with Crippen molar-refractivity contribution < 1.29 is 9.53 Å². The molecule has 0 bridgehead atoms. The average molecular weight is 258 g/mol. The smallest absolute Gasteiger partial charge is 0.358 e. The Balaban J connectivity index is 2.40. The van der Waals surface area contributed by atoms with Gasteiger partial charge in [0.15, 0.2) is 5.69 Å². The van der Waals surface area contributed by atoms with Gasteiger partial charge in [-0.25, -0.2) is 9.48 Å². The molecule has 2 rings (SSSR count). The number of rotatable bonds is 3. The number of aromatic nitrogens is 2. The lowest BCUT2D eigenvalue weighted by atomic mass is 10.1. The van der Waals surface area contributed by atoms with E-state index in [0.29, 0.717) is 12.3 Å². The number of aryl methyl sites for hydroxylation is 3. The van der Waals surface area contributed by atoms with Crippen LogP contribution in [0.5, 0.6) is 0 Å². The Morgan fingerprint density at radius 1 is 1.21 bits per heavy atom. The van der Waals surface area contributed by atoms with Crippen LogP contribution in [0.2, 0.25) is 0 Å². The fourth-order valence-corrected chi connectivity index (χ4v) is 1.90. The first-order valence-electron chi connectivity index (χ1n) is 6.34. The summed E-state index contributed by atoms with van der Waals surface area (Å²) in [5, 5.41) is 4.31. The van der Waals surface area contributed by atoms with Crippen LogP contribution >= 0.6 is 0 Å². The second-order valence-corrected chi connectivity index (χ2v) is 4.57. The first-order chi connectivity index (χ1) is 9.02. The van der Waals surface area contributed by atoms with Crippen molar-refractivity contribution in [2.24, 2.45) is 0 Å². The van der Waals surface area contributed by atoms with Crippen LogP contribution in [0.4, 0.5) is 0 Å². The van der Waals surface area contributed by atoms with E-state index in [2.05, 4.69) is 31.1 Å². The van der Waals surface area contributed by atoms with E-state index in [1.54, 1.807) is 17.7 Å². The number of hydrogen-bond donors (Lipinski definition) is 0. The number of carbonyl (C=O) groups excluding carboxylic acids is 1. The zero-order chi connectivity index (χ0) is 14.0. The minimum Gasteiger partial charge on any atom is -0.461 e. The van der Waals surface area contributed by atoms with Crippen LogP contribution in [0.3, 0.4) is 0 Å². The van der Waals surface area contributed by atoms with Crippen molar-refractivity contribution in [1.29, 1.82) is 0 Å². The van der Waals surface area contributed by atoms with Gasteiger partial charge in [0.2, 0.25) is 0 Å². The standard InChI is InChI=1S/C15H18N2O2/c1-5-19-15(18)14-9-12(4)17(16-14)13-7-6-10(2)11(3)8-13/h6-9H,5H2,1-4H3. The molecule has 0 saturated carbocycles. The summed E-state index contributed by atoms with van der Waals surface area (Å²) >= 11 is 0. The SMILES string of the molecule is CCOC(=O)c1cc(C)n(-c2ccc(C)c(C)c2)n1. The normalized spacial score (nSPS) is 10.5. The van der Waals surface area contributed by atoms with Gasteiger partial charge in [-0.3, -0.25) is 0 Å². The van der Waals surface area contributed by atoms with Crippen LogP contribution in [-0.4, -0.2) is 22.4 Å². The molecule has 0 aliphatic heterocycles. The van der Waals surface area contributed by atoms with Gasteiger partial charge in [0.25, 0.3) is 0 Å². The third kappa shape index (κ3) is 2.67. The molecular weight excluding hydrogens is 240 g/mol. The van der Waals surface area contributed by atoms with Crippen LogP contribution in [0, 0.1) is 20.8 Å². The van der Waals surface area contributed by atoms with Crippen molar-refractivity contribution in [3.8, 4) is 5.69 Å². The van der Waals surface area contributed by atoms with Crippen LogP contribution in [0.1, 0.15) is 34.2 Å². The van der Waals surface area contributed by atoms with Gasteiger partial charge in [0.1, 0.15) is 0 Å². The highest BCUT2D eigenvalue weighted by atomic mass is 16.5. The van der Waals surface area contributed by atoms with Crippen LogP contribution in [0.25, 0.3) is 5.69 Å². The summed E-state index contributed by atoms with van der Waals surface area (Å²) in [6.45, 7) is 8.19. The van der Waals surface area contributed by atoms with Gasteiger partial charge in [0.05, 0.1) is 12.3 Å². The van der Waals surface area contributed by atoms with Gasteiger partial charge in [0, 0.05) is 5.69 Å². The summed E-state index contributed by atoms with van der Waals surface area (Å²) in [6, 6.07) is 7.85. The molecule has 0 amide bonds. The highest BCUT2D eigenvalue weighted by molar-refractivity contribution is 5.87. The van der Waals surface area contributed by atoms with Gasteiger partial charge in [-0.2, -0.15) is 5.10 Å². The minimum atomic E-state index is -0.381. The summed E-state index contributed by atoms with van der Waals surface area (Å²) < 4.78 is 6.72. The van der Waals surface area contributed by atoms with Crippen molar-refractivity contribution in [3.05, 3.63) is 46.8 Å². The van der Waals surface area contributed by atoms with E-state index in [9.17, 15) is 4.79 Å². The molecule has 1 aromatic heterocycles. The fourth-order valence-electron chi connectivity index (χ4n) is 1.90. The lowest BCUT2D eigenvalue weighted by molar-refractivity contribution is 0.0519. The monoisotopic (exact) mass is 258 g/mol. The second kappa shape index (κ2) is 5.26. The Morgan fingerprint density at radius 2 is 1.95 bits per heavy atom. The third-order valence-electron chi connectivity index (χ3n) is 3.11. The predicted molar refractivity (Wildman–Crippen MR) is 73.7 cm³/mol. The molecule has 0 aliphatic rings. The van der Waals surface area contributed by atoms with Crippen LogP contribution < -0.4 is 0 Å². The molecule has 0 fully saturated rings. The van der Waals surface area contributed by atoms with Gasteiger partial charge < -0.3 is 4.74 Å². The Hall–Kier alpha value is -2.10. The molecule has 4 heteroatoms. The molecule has 19 heavy (non-hydrogen) atoms. The largest absolute Gasteiger partial charge is 0.461 e. The van der Waals surface area contributed by atoms with Gasteiger partial charge in [-0.1, -0.05) is 6.07 Å². The van der Waals surface area contributed by atoms with Crippen molar-refractivity contribution in [2.75, 3.05) is 6.61 Å². The zero-order valence-corrected chi connectivity index (χ0v) is 11.7. The molecule has 2 aromatic rings. The van der Waals surface area contributed by atoms with E-state index >= 15 is 0 Å². The lowest BCUT2D eigenvalue weighted by Crippen LogP contribution is -2.07. The van der Waals surface area contributed by atoms with Crippen molar-refractivity contribution in [1.82, 2.24) is 9.78 Å². The molecule has 100 valence electrons. The summed E-state index contributed by atoms with van der Waals surface area (Å²) in [6.07, 6.45) is 0. The van der Waals surface area contributed by atoms with Crippen molar-refractivity contribution in [3.63, 3.8) is 0 Å². The zero-order valence-electron chi connectivity index (χ0n) is 11.7. The van der Waals surface area contributed by atoms with E-state index in [0.717, 1.165) is 11.4 Å². The fraction of sp³-hybridized carbons (Fsp3) is 0.333. The number of esters is 1. The maximum absolute atomic E-state index is 11.7. The Kier molecular flexibility index (Phi) is 3.69. The molecule has 0 unspecified atom stereocenters. The van der Waals surface area contributed by atoms with E-state index in [1.165, 1.54) is 11.1 Å². The van der Waals surface area contributed by atoms with E-state index < -0.39 is 0 Å². The molecule has 0 atom stereocenters. The maximum atomic E-state index is 11.7. The number of benzene rings is 1. The molecule has 1 heterocycles. The molecule has 0 saturated heterocycles. The summed E-state index contributed by atoms with van der Waals surface area (Å²) in [7, 11) is 0. The Bertz CT molecular complexity index is 615. The second-order valence-electron chi connectivity index (χ2n) is 4.57. The van der Waals surface area contributed by atoms with Crippen LogP contribution in [-0.2, 0) is 4.74 Å². The average Bonchev–Trinajstić information content (AvgIpc) is 2.75. The minimum absolute atomic E-state index is 0.345. The Morgan fingerprint density at radius 3 is 2.58 bits per heavy atom. The van der Waals surface area contributed by atoms with Gasteiger partial charge in [-0.15, -0.1) is 0 Å². The molecule has 0 spiro atoms. The van der Waals surface area contributed by atoms with E-state index in [4.69, 9.17) is 4.74 Å². The highest BCUT2D eigenvalue weighted by Crippen LogP contribution is 2.16. The highest BCUT2D eigenvalue weighted by Gasteiger charge is 2.14. The number of hydrogen-bond acceptors (Lipinski definition) is 3. The Labute approximate surface area is 113 Å². The van der Waals surface area contributed by atoms with Crippen molar-refractivity contribution in [2.45, 2.75) is 27.7 Å². The van der Waals surface area contributed by atoms with Crippen LogP contribution in [0.15, 0.2) is 24.3 Å². The number of carbonyl (C=O) groups is 1. The maximum Gasteiger partial charge on any atom is 0.358 e. The molecule has 0 N–H and O–H groups in total. The van der Waals surface area contributed by atoms with Gasteiger partial charge in [-0.05, 0) is 57.0 Å². The summed E-state index contributed by atoms with van der Waals surface area (Å²) in [5.74, 6) is -0.381. The third-order valence-corrected chi connectivity index (χ3v) is 3.11.